The summed E-state index contributed by atoms with van der Waals surface area (Å²) in [6, 6.07) is 0. The minimum atomic E-state index is -0.588. The zero-order chi connectivity index (χ0) is 49.2. The molecule has 388 valence electrons. The van der Waals surface area contributed by atoms with E-state index in [2.05, 4.69) is 130 Å². The Morgan fingerprint density at radius 1 is 0.338 bits per heavy atom. The van der Waals surface area contributed by atoms with Crippen molar-refractivity contribution >= 4 is 11.9 Å². The second-order valence-corrected chi connectivity index (χ2v) is 18.4. The number of hydrogen-bond acceptors (Lipinski definition) is 5. The molecule has 1 unspecified atom stereocenters. The Hall–Kier alpha value is -3.44. The first-order chi connectivity index (χ1) is 33.6. The second-order valence-electron chi connectivity index (χ2n) is 18.4. The molecule has 5 nitrogen and oxygen atoms in total. The lowest BCUT2D eigenvalue weighted by molar-refractivity contribution is -0.162. The number of carbonyl (C=O) groups excluding carboxylic acids is 2. The number of unbranched alkanes of at least 4 members (excludes halogenated alkanes) is 22. The van der Waals surface area contributed by atoms with Gasteiger partial charge in [0.05, 0.1) is 6.61 Å². The van der Waals surface area contributed by atoms with Crippen molar-refractivity contribution in [2.45, 2.75) is 258 Å². The first-order valence-electron chi connectivity index (χ1n) is 28.4. The van der Waals surface area contributed by atoms with Crippen LogP contribution in [0.1, 0.15) is 252 Å². The van der Waals surface area contributed by atoms with Crippen molar-refractivity contribution in [3.63, 3.8) is 0 Å². The normalized spacial score (nSPS) is 13.0. The highest BCUT2D eigenvalue weighted by Gasteiger charge is 2.17. The molecule has 0 aliphatic heterocycles. The standard InChI is InChI=1S/C63H106O5/c1-4-7-10-13-16-19-22-25-28-31-32-34-35-38-41-44-47-50-53-56-62(64)67-60-61(59-66-58-55-52-49-46-43-40-37-30-27-24-21-18-15-12-9-6-3)68-63(65)57-54-51-48-45-42-39-36-33-29-26-23-20-17-14-11-8-5-2/h8-9,11-12,17-18,20-21,26-27,29-30,36,39-40,43,45,48,61H,4-7,10,13-16,19,22-25,28,31-35,37-38,41-42,44,46-47,49-60H2,1-3H3/b11-8-,12-9-,20-17-,21-18-,29-26-,30-27-,39-36-,43-40-,48-45-. The van der Waals surface area contributed by atoms with E-state index < -0.39 is 6.10 Å². The minimum absolute atomic E-state index is 0.0459. The van der Waals surface area contributed by atoms with Gasteiger partial charge in [0.15, 0.2) is 6.10 Å². The number of allylic oxidation sites excluding steroid dienone is 18. The number of rotatable bonds is 51. The highest BCUT2D eigenvalue weighted by atomic mass is 16.6. The van der Waals surface area contributed by atoms with Crippen molar-refractivity contribution in [3.8, 4) is 0 Å². The van der Waals surface area contributed by atoms with Crippen LogP contribution in [-0.4, -0.2) is 37.9 Å². The van der Waals surface area contributed by atoms with Crippen LogP contribution >= 0.6 is 0 Å². The summed E-state index contributed by atoms with van der Waals surface area (Å²) in [5, 5.41) is 0. The molecule has 0 saturated heterocycles. The van der Waals surface area contributed by atoms with Gasteiger partial charge in [0.2, 0.25) is 0 Å². The van der Waals surface area contributed by atoms with E-state index in [-0.39, 0.29) is 25.2 Å². The summed E-state index contributed by atoms with van der Waals surface area (Å²) in [5.41, 5.74) is 0. The molecule has 0 saturated carbocycles. The Bertz CT molecular complexity index is 1340. The predicted molar refractivity (Wildman–Crippen MR) is 297 cm³/mol. The number of carbonyl (C=O) groups is 2. The van der Waals surface area contributed by atoms with Crippen LogP contribution in [0.3, 0.4) is 0 Å². The Morgan fingerprint density at radius 3 is 1.09 bits per heavy atom. The van der Waals surface area contributed by atoms with Crippen molar-refractivity contribution in [2.24, 2.45) is 0 Å². The van der Waals surface area contributed by atoms with Crippen molar-refractivity contribution in [1.29, 1.82) is 0 Å². The molecule has 0 aliphatic carbocycles. The molecule has 5 heteroatoms. The first-order valence-corrected chi connectivity index (χ1v) is 28.4. The van der Waals surface area contributed by atoms with E-state index in [9.17, 15) is 9.59 Å². The van der Waals surface area contributed by atoms with E-state index >= 15 is 0 Å². The van der Waals surface area contributed by atoms with Crippen molar-refractivity contribution in [1.82, 2.24) is 0 Å². The Labute approximate surface area is 421 Å². The zero-order valence-corrected chi connectivity index (χ0v) is 44.6. The molecule has 0 spiro atoms. The molecule has 0 rings (SSSR count). The van der Waals surface area contributed by atoms with E-state index in [1.165, 1.54) is 109 Å². The number of ether oxygens (including phenoxy) is 3. The van der Waals surface area contributed by atoms with Gasteiger partial charge in [-0.15, -0.1) is 0 Å². The topological polar surface area (TPSA) is 61.8 Å². The van der Waals surface area contributed by atoms with Crippen molar-refractivity contribution < 1.29 is 23.8 Å². The van der Waals surface area contributed by atoms with Gasteiger partial charge in [-0.25, -0.2) is 0 Å². The predicted octanol–water partition coefficient (Wildman–Crippen LogP) is 19.6. The fraction of sp³-hybridized carbons (Fsp3) is 0.683. The summed E-state index contributed by atoms with van der Waals surface area (Å²) in [5.74, 6) is -0.481. The molecule has 0 N–H and O–H groups in total. The van der Waals surface area contributed by atoms with Crippen LogP contribution in [0.15, 0.2) is 109 Å². The Balaban J connectivity index is 4.40. The van der Waals surface area contributed by atoms with E-state index in [1.54, 1.807) is 0 Å². The SMILES string of the molecule is CC/C=C\C/C=C\C/C=C\C/C=C\C/C=C\CCCC(=O)OC(COCCCCC/C=C\C/C=C\C/C=C\C/C=C\CC)COC(=O)CCCCCCCCCCCCCCCCCCCCC. The van der Waals surface area contributed by atoms with E-state index in [4.69, 9.17) is 14.2 Å². The van der Waals surface area contributed by atoms with Gasteiger partial charge in [-0.05, 0) is 96.3 Å². The number of esters is 2. The molecule has 0 fully saturated rings. The van der Waals surface area contributed by atoms with Crippen LogP contribution in [0, 0.1) is 0 Å². The van der Waals surface area contributed by atoms with Gasteiger partial charge in [0.1, 0.15) is 6.61 Å². The largest absolute Gasteiger partial charge is 0.462 e. The Kier molecular flexibility index (Phi) is 54.9. The average Bonchev–Trinajstić information content (AvgIpc) is 3.34. The summed E-state index contributed by atoms with van der Waals surface area (Å²) in [6.07, 6.45) is 79.8. The number of hydrogen-bond donors (Lipinski definition) is 0. The highest BCUT2D eigenvalue weighted by molar-refractivity contribution is 5.70. The smallest absolute Gasteiger partial charge is 0.306 e. The summed E-state index contributed by atoms with van der Waals surface area (Å²) in [7, 11) is 0. The van der Waals surface area contributed by atoms with Gasteiger partial charge >= 0.3 is 11.9 Å². The molecule has 0 heterocycles. The van der Waals surface area contributed by atoms with Crippen molar-refractivity contribution in [3.05, 3.63) is 109 Å². The molecule has 0 aromatic carbocycles. The fourth-order valence-corrected chi connectivity index (χ4v) is 7.66. The first kappa shape index (κ1) is 64.6. The quantitative estimate of drug-likeness (QED) is 0.0345. The summed E-state index contributed by atoms with van der Waals surface area (Å²) in [4.78, 5) is 25.5. The van der Waals surface area contributed by atoms with Crippen LogP contribution in [-0.2, 0) is 23.8 Å². The molecule has 0 aromatic heterocycles. The summed E-state index contributed by atoms with van der Waals surface area (Å²) < 4.78 is 17.4. The summed E-state index contributed by atoms with van der Waals surface area (Å²) >= 11 is 0. The van der Waals surface area contributed by atoms with Crippen LogP contribution < -0.4 is 0 Å². The van der Waals surface area contributed by atoms with Gasteiger partial charge in [-0.3, -0.25) is 9.59 Å². The Morgan fingerprint density at radius 2 is 0.676 bits per heavy atom. The highest BCUT2D eigenvalue weighted by Crippen LogP contribution is 2.15. The van der Waals surface area contributed by atoms with Crippen LogP contribution in [0.4, 0.5) is 0 Å². The van der Waals surface area contributed by atoms with Crippen molar-refractivity contribution in [2.75, 3.05) is 19.8 Å². The third kappa shape index (κ3) is 55.2. The van der Waals surface area contributed by atoms with Gasteiger partial charge < -0.3 is 14.2 Å². The minimum Gasteiger partial charge on any atom is -0.462 e. The van der Waals surface area contributed by atoms with Gasteiger partial charge in [0.25, 0.3) is 0 Å². The summed E-state index contributed by atoms with van der Waals surface area (Å²) in [6.45, 7) is 7.48. The average molecular weight is 944 g/mol. The molecule has 0 aromatic rings. The van der Waals surface area contributed by atoms with Crippen LogP contribution in [0.25, 0.3) is 0 Å². The van der Waals surface area contributed by atoms with Gasteiger partial charge in [0, 0.05) is 19.4 Å². The molecule has 68 heavy (non-hydrogen) atoms. The second kappa shape index (κ2) is 57.9. The zero-order valence-electron chi connectivity index (χ0n) is 44.6. The monoisotopic (exact) mass is 943 g/mol. The maximum Gasteiger partial charge on any atom is 0.306 e. The molecule has 0 bridgehead atoms. The van der Waals surface area contributed by atoms with Gasteiger partial charge in [-0.1, -0.05) is 252 Å². The molecular weight excluding hydrogens is 837 g/mol. The lowest BCUT2D eigenvalue weighted by Gasteiger charge is -2.18. The van der Waals surface area contributed by atoms with Crippen LogP contribution in [0.5, 0.6) is 0 Å². The lowest BCUT2D eigenvalue weighted by Crippen LogP contribution is -2.30. The lowest BCUT2D eigenvalue weighted by atomic mass is 10.0. The third-order valence-corrected chi connectivity index (χ3v) is 11.8. The molecule has 0 aliphatic rings. The maximum absolute atomic E-state index is 12.8. The molecule has 1 atom stereocenters. The fourth-order valence-electron chi connectivity index (χ4n) is 7.66. The van der Waals surface area contributed by atoms with E-state index in [0.29, 0.717) is 19.4 Å². The third-order valence-electron chi connectivity index (χ3n) is 11.8. The maximum atomic E-state index is 12.8. The molecule has 0 radical (unpaired) electrons. The van der Waals surface area contributed by atoms with E-state index in [0.717, 1.165) is 109 Å². The van der Waals surface area contributed by atoms with Gasteiger partial charge in [-0.2, -0.15) is 0 Å². The van der Waals surface area contributed by atoms with E-state index in [1.807, 2.05) is 0 Å². The molecule has 0 amide bonds. The molecular formula is C63H106O5. The van der Waals surface area contributed by atoms with Crippen LogP contribution in [0.2, 0.25) is 0 Å².